The van der Waals surface area contributed by atoms with Gasteiger partial charge in [0.05, 0.1) is 10.6 Å². The van der Waals surface area contributed by atoms with Gasteiger partial charge in [-0.15, -0.1) is 0 Å². The standard InChI is InChI=1S/C15H18BrClO2/c16-11-8-10(17)4-5-12(11)19-14-9-13(18)15(14)6-2-1-3-7-15/h4-5,8,13-14,18H,1-3,6-7,9H2. The Balaban J connectivity index is 1.76. The summed E-state index contributed by atoms with van der Waals surface area (Å²) in [6.45, 7) is 0. The third-order valence-electron chi connectivity index (χ3n) is 4.69. The fraction of sp³-hybridized carbons (Fsp3) is 0.600. The maximum absolute atomic E-state index is 10.2. The number of hydrogen-bond donors (Lipinski definition) is 1. The van der Waals surface area contributed by atoms with Gasteiger partial charge in [-0.05, 0) is 47.0 Å². The Morgan fingerprint density at radius 1 is 1.26 bits per heavy atom. The van der Waals surface area contributed by atoms with E-state index in [0.717, 1.165) is 29.5 Å². The quantitative estimate of drug-likeness (QED) is 0.851. The van der Waals surface area contributed by atoms with Gasteiger partial charge in [0.1, 0.15) is 11.9 Å². The van der Waals surface area contributed by atoms with Crippen molar-refractivity contribution in [3.8, 4) is 5.75 Å². The minimum Gasteiger partial charge on any atom is -0.488 e. The number of rotatable bonds is 2. The number of ether oxygens (including phenoxy) is 1. The van der Waals surface area contributed by atoms with E-state index in [1.165, 1.54) is 19.3 Å². The Labute approximate surface area is 127 Å². The van der Waals surface area contributed by atoms with E-state index in [0.29, 0.717) is 5.02 Å². The molecule has 2 saturated carbocycles. The molecule has 3 rings (SSSR count). The average Bonchev–Trinajstić information content (AvgIpc) is 2.42. The zero-order valence-electron chi connectivity index (χ0n) is 10.7. The van der Waals surface area contributed by atoms with Crippen molar-refractivity contribution in [2.24, 2.45) is 5.41 Å². The van der Waals surface area contributed by atoms with Crippen molar-refractivity contribution in [1.82, 2.24) is 0 Å². The summed E-state index contributed by atoms with van der Waals surface area (Å²) in [5.41, 5.74) is -0.00265. The highest BCUT2D eigenvalue weighted by Gasteiger charge is 2.56. The zero-order valence-corrected chi connectivity index (χ0v) is 13.1. The summed E-state index contributed by atoms with van der Waals surface area (Å²) in [5.74, 6) is 0.825. The van der Waals surface area contributed by atoms with Gasteiger partial charge in [0.2, 0.25) is 0 Å². The first kappa shape index (κ1) is 13.7. The van der Waals surface area contributed by atoms with Gasteiger partial charge in [-0.2, -0.15) is 0 Å². The molecule has 2 atom stereocenters. The maximum Gasteiger partial charge on any atom is 0.134 e. The van der Waals surface area contributed by atoms with Gasteiger partial charge in [-0.1, -0.05) is 30.9 Å². The van der Waals surface area contributed by atoms with Crippen molar-refractivity contribution in [2.75, 3.05) is 0 Å². The zero-order chi connectivity index (χ0) is 13.5. The molecule has 0 bridgehead atoms. The molecule has 1 aromatic rings. The second-order valence-corrected chi connectivity index (χ2v) is 7.02. The van der Waals surface area contributed by atoms with Gasteiger partial charge in [-0.3, -0.25) is 0 Å². The van der Waals surface area contributed by atoms with Gasteiger partial charge in [0.15, 0.2) is 0 Å². The highest BCUT2D eigenvalue weighted by Crippen LogP contribution is 2.53. The van der Waals surface area contributed by atoms with Gasteiger partial charge >= 0.3 is 0 Å². The van der Waals surface area contributed by atoms with Crippen LogP contribution >= 0.6 is 27.5 Å². The van der Waals surface area contributed by atoms with Crippen LogP contribution in [0.25, 0.3) is 0 Å². The van der Waals surface area contributed by atoms with Crippen molar-refractivity contribution < 1.29 is 9.84 Å². The molecule has 0 aromatic heterocycles. The average molecular weight is 346 g/mol. The van der Waals surface area contributed by atoms with Gasteiger partial charge in [-0.25, -0.2) is 0 Å². The molecular weight excluding hydrogens is 328 g/mol. The lowest BCUT2D eigenvalue weighted by atomic mass is 9.56. The number of aliphatic hydroxyl groups is 1. The molecule has 0 amide bonds. The van der Waals surface area contributed by atoms with E-state index in [4.69, 9.17) is 16.3 Å². The van der Waals surface area contributed by atoms with E-state index in [9.17, 15) is 5.11 Å². The third-order valence-corrected chi connectivity index (χ3v) is 5.54. The molecule has 1 aromatic carbocycles. The number of aliphatic hydroxyl groups excluding tert-OH is 1. The second-order valence-electron chi connectivity index (χ2n) is 5.73. The summed E-state index contributed by atoms with van der Waals surface area (Å²) in [7, 11) is 0. The first-order valence-corrected chi connectivity index (χ1v) is 8.09. The molecular formula is C15H18BrClO2. The summed E-state index contributed by atoms with van der Waals surface area (Å²) in [6, 6.07) is 5.58. The molecule has 1 spiro atoms. The minimum absolute atomic E-state index is 0.00265. The summed E-state index contributed by atoms with van der Waals surface area (Å²) >= 11 is 9.43. The highest BCUT2D eigenvalue weighted by atomic mass is 79.9. The SMILES string of the molecule is OC1CC(Oc2ccc(Cl)cc2Br)C12CCCCC2. The van der Waals surface area contributed by atoms with Crippen molar-refractivity contribution >= 4 is 27.5 Å². The number of halogens is 2. The van der Waals surface area contributed by atoms with Crippen LogP contribution in [0.15, 0.2) is 22.7 Å². The molecule has 0 heterocycles. The molecule has 0 aliphatic heterocycles. The monoisotopic (exact) mass is 344 g/mol. The van der Waals surface area contributed by atoms with Crippen LogP contribution in [0.1, 0.15) is 38.5 Å². The molecule has 1 N–H and O–H groups in total. The van der Waals surface area contributed by atoms with E-state index in [-0.39, 0.29) is 17.6 Å². The van der Waals surface area contributed by atoms with Crippen LogP contribution in [0.4, 0.5) is 0 Å². The van der Waals surface area contributed by atoms with Crippen LogP contribution in [0.5, 0.6) is 5.75 Å². The van der Waals surface area contributed by atoms with Crippen molar-refractivity contribution in [1.29, 1.82) is 0 Å². The predicted molar refractivity (Wildman–Crippen MR) is 79.7 cm³/mol. The first-order chi connectivity index (χ1) is 9.12. The molecule has 2 fully saturated rings. The van der Waals surface area contributed by atoms with Crippen LogP contribution in [-0.4, -0.2) is 17.3 Å². The van der Waals surface area contributed by atoms with Gasteiger partial charge in [0.25, 0.3) is 0 Å². The lowest BCUT2D eigenvalue weighted by Gasteiger charge is -2.55. The first-order valence-electron chi connectivity index (χ1n) is 6.91. The van der Waals surface area contributed by atoms with Crippen LogP contribution in [-0.2, 0) is 0 Å². The molecule has 104 valence electrons. The lowest BCUT2D eigenvalue weighted by Crippen LogP contribution is -2.60. The van der Waals surface area contributed by atoms with Crippen LogP contribution in [0.2, 0.25) is 5.02 Å². The summed E-state index contributed by atoms with van der Waals surface area (Å²) in [4.78, 5) is 0. The molecule has 2 nitrogen and oxygen atoms in total. The predicted octanol–water partition coefficient (Wildman–Crippen LogP) is 4.57. The number of hydrogen-bond acceptors (Lipinski definition) is 2. The van der Waals surface area contributed by atoms with Crippen molar-refractivity contribution in [3.05, 3.63) is 27.7 Å². The Hall–Kier alpha value is -0.250. The molecule has 0 radical (unpaired) electrons. The molecule has 2 aliphatic carbocycles. The fourth-order valence-electron chi connectivity index (χ4n) is 3.48. The molecule has 2 aliphatic rings. The van der Waals surface area contributed by atoms with E-state index >= 15 is 0 Å². The van der Waals surface area contributed by atoms with Crippen LogP contribution in [0, 0.1) is 5.41 Å². The number of benzene rings is 1. The largest absolute Gasteiger partial charge is 0.488 e. The minimum atomic E-state index is -0.191. The lowest BCUT2D eigenvalue weighted by molar-refractivity contribution is -0.172. The normalized spacial score (nSPS) is 29.0. The highest BCUT2D eigenvalue weighted by molar-refractivity contribution is 9.10. The Bertz CT molecular complexity index is 471. The Morgan fingerprint density at radius 3 is 2.63 bits per heavy atom. The van der Waals surface area contributed by atoms with E-state index in [2.05, 4.69) is 15.9 Å². The van der Waals surface area contributed by atoms with Crippen LogP contribution in [0.3, 0.4) is 0 Å². The topological polar surface area (TPSA) is 29.5 Å². The fourth-order valence-corrected chi connectivity index (χ4v) is 4.26. The molecule has 19 heavy (non-hydrogen) atoms. The maximum atomic E-state index is 10.2. The third kappa shape index (κ3) is 2.41. The van der Waals surface area contributed by atoms with E-state index in [1.807, 2.05) is 18.2 Å². The van der Waals surface area contributed by atoms with Crippen molar-refractivity contribution in [3.63, 3.8) is 0 Å². The molecule has 0 saturated heterocycles. The molecule has 4 heteroatoms. The summed E-state index contributed by atoms with van der Waals surface area (Å²) in [5, 5.41) is 10.9. The second kappa shape index (κ2) is 5.27. The molecule has 2 unspecified atom stereocenters. The summed E-state index contributed by atoms with van der Waals surface area (Å²) < 4.78 is 7.02. The smallest absolute Gasteiger partial charge is 0.134 e. The van der Waals surface area contributed by atoms with Crippen LogP contribution < -0.4 is 4.74 Å². The van der Waals surface area contributed by atoms with E-state index < -0.39 is 0 Å². The van der Waals surface area contributed by atoms with Gasteiger partial charge < -0.3 is 9.84 Å². The van der Waals surface area contributed by atoms with Gasteiger partial charge in [0, 0.05) is 16.9 Å². The Morgan fingerprint density at radius 2 is 2.00 bits per heavy atom. The Kier molecular flexibility index (Phi) is 3.80. The van der Waals surface area contributed by atoms with Crippen molar-refractivity contribution in [2.45, 2.75) is 50.7 Å². The van der Waals surface area contributed by atoms with E-state index in [1.54, 1.807) is 0 Å². The summed E-state index contributed by atoms with van der Waals surface area (Å²) in [6.07, 6.45) is 6.57.